The van der Waals surface area contributed by atoms with Crippen molar-refractivity contribution >= 4 is 29.3 Å². The van der Waals surface area contributed by atoms with Crippen molar-refractivity contribution in [2.75, 3.05) is 10.6 Å². The summed E-state index contributed by atoms with van der Waals surface area (Å²) in [5.74, 6) is 0.905. The van der Waals surface area contributed by atoms with Crippen molar-refractivity contribution in [1.29, 1.82) is 0 Å². The van der Waals surface area contributed by atoms with E-state index in [-0.39, 0.29) is 40.3 Å². The first-order chi connectivity index (χ1) is 25.0. The minimum atomic E-state index is -0.599. The molecule has 0 radical (unpaired) electrons. The van der Waals surface area contributed by atoms with Gasteiger partial charge in [0.2, 0.25) is 0 Å². The van der Waals surface area contributed by atoms with Gasteiger partial charge >= 0.3 is 12.2 Å². The van der Waals surface area contributed by atoms with Gasteiger partial charge in [0.05, 0.1) is 0 Å². The lowest BCUT2D eigenvalue weighted by Gasteiger charge is -2.33. The summed E-state index contributed by atoms with van der Waals surface area (Å²) in [6, 6.07) is 26.5. The SMILES string of the molecule is Cc1ccc(CC(=O)Cc2ccc(C)c(NC(=O)Oc3ccc(C(C)(C)CC(C)(C)C)cc3)c2)cc1NC(=O)Oc1ccc(C(C)(C)CC(C)(C)C)cc1. The predicted molar refractivity (Wildman–Crippen MR) is 221 cm³/mol. The number of carbonyl (C=O) groups excluding carboxylic acids is 3. The van der Waals surface area contributed by atoms with E-state index in [4.69, 9.17) is 9.47 Å². The van der Waals surface area contributed by atoms with Gasteiger partial charge in [-0.15, -0.1) is 0 Å². The first-order valence-electron chi connectivity index (χ1n) is 18.9. The Morgan fingerprint density at radius 1 is 0.500 bits per heavy atom. The lowest BCUT2D eigenvalue weighted by Crippen LogP contribution is -2.24. The molecule has 288 valence electrons. The number of Topliss-reactive ketones (excluding diaryl/α,β-unsaturated/α-hetero) is 1. The second kappa shape index (κ2) is 16.6. The zero-order chi connectivity index (χ0) is 40.1. The summed E-state index contributed by atoms with van der Waals surface area (Å²) < 4.78 is 11.2. The predicted octanol–water partition coefficient (Wildman–Crippen LogP) is 12.3. The largest absolute Gasteiger partial charge is 0.417 e. The molecule has 0 aromatic heterocycles. The Morgan fingerprint density at radius 3 is 1.15 bits per heavy atom. The van der Waals surface area contributed by atoms with Crippen molar-refractivity contribution in [1.82, 2.24) is 0 Å². The molecule has 4 aromatic carbocycles. The van der Waals surface area contributed by atoms with Gasteiger partial charge in [0.25, 0.3) is 0 Å². The van der Waals surface area contributed by atoms with E-state index in [1.54, 1.807) is 0 Å². The molecule has 4 rings (SSSR count). The van der Waals surface area contributed by atoms with Gasteiger partial charge < -0.3 is 9.47 Å². The van der Waals surface area contributed by atoms with Crippen molar-refractivity contribution in [3.05, 3.63) is 118 Å². The third-order valence-corrected chi connectivity index (χ3v) is 9.52. The Morgan fingerprint density at radius 2 is 0.833 bits per heavy atom. The summed E-state index contributed by atoms with van der Waals surface area (Å²) in [5.41, 5.74) is 7.12. The Balaban J connectivity index is 1.32. The molecule has 0 unspecified atom stereocenters. The normalized spacial score (nSPS) is 12.2. The first-order valence-corrected chi connectivity index (χ1v) is 18.9. The third kappa shape index (κ3) is 12.6. The second-order valence-electron chi connectivity index (χ2n) is 18.5. The van der Waals surface area contributed by atoms with Crippen molar-refractivity contribution in [3.63, 3.8) is 0 Å². The maximum absolute atomic E-state index is 13.2. The molecule has 0 aliphatic rings. The molecule has 0 saturated heterocycles. The van der Waals surface area contributed by atoms with Gasteiger partial charge in [-0.3, -0.25) is 15.4 Å². The van der Waals surface area contributed by atoms with E-state index >= 15 is 0 Å². The molecule has 2 N–H and O–H groups in total. The number of carbonyl (C=O) groups is 3. The fourth-order valence-corrected chi connectivity index (χ4v) is 7.63. The van der Waals surface area contributed by atoms with E-state index in [0.29, 0.717) is 22.9 Å². The lowest BCUT2D eigenvalue weighted by molar-refractivity contribution is -0.117. The minimum Gasteiger partial charge on any atom is -0.410 e. The van der Waals surface area contributed by atoms with Crippen molar-refractivity contribution in [2.45, 2.75) is 120 Å². The highest BCUT2D eigenvalue weighted by atomic mass is 16.6. The highest BCUT2D eigenvalue weighted by Gasteiger charge is 2.28. The Hall–Kier alpha value is -4.91. The average Bonchev–Trinajstić information content (AvgIpc) is 3.02. The van der Waals surface area contributed by atoms with Crippen LogP contribution >= 0.6 is 0 Å². The fraction of sp³-hybridized carbons (Fsp3) is 0.426. The summed E-state index contributed by atoms with van der Waals surface area (Å²) in [6.07, 6.45) is 1.20. The summed E-state index contributed by atoms with van der Waals surface area (Å²) in [4.78, 5) is 39.0. The standard InChI is InChI=1S/C47H60N2O5/c1-31-13-15-33(27-40(31)48-42(51)53-38-21-17-35(18-22-38)46(9,10)29-44(3,4)5)25-37(50)26-34-16-14-32(2)41(28-34)49-43(52)54-39-23-19-36(20-24-39)47(11,12)30-45(6,7)8/h13-24,27-28H,25-26,29-30H2,1-12H3,(H,48,51)(H,49,52). The zero-order valence-electron chi connectivity index (χ0n) is 34.5. The van der Waals surface area contributed by atoms with Crippen molar-refractivity contribution in [2.24, 2.45) is 10.8 Å². The van der Waals surface area contributed by atoms with Gasteiger partial charge in [0.1, 0.15) is 17.3 Å². The molecular weight excluding hydrogens is 673 g/mol. The highest BCUT2D eigenvalue weighted by molar-refractivity contribution is 5.89. The Labute approximate surface area is 323 Å². The average molecular weight is 733 g/mol. The van der Waals surface area contributed by atoms with Gasteiger partial charge in [-0.1, -0.05) is 118 Å². The van der Waals surface area contributed by atoms with Crippen LogP contribution in [0.15, 0.2) is 84.9 Å². The van der Waals surface area contributed by atoms with Gasteiger partial charge in [-0.25, -0.2) is 9.59 Å². The van der Waals surface area contributed by atoms with E-state index in [2.05, 4.69) is 79.9 Å². The number of nitrogens with one attached hydrogen (secondary N) is 2. The summed E-state index contributed by atoms with van der Waals surface area (Å²) >= 11 is 0. The van der Waals surface area contributed by atoms with Crippen molar-refractivity contribution < 1.29 is 23.9 Å². The maximum Gasteiger partial charge on any atom is 0.417 e. The van der Waals surface area contributed by atoms with E-state index in [1.807, 2.05) is 98.8 Å². The fourth-order valence-electron chi connectivity index (χ4n) is 7.63. The van der Waals surface area contributed by atoms with Crippen LogP contribution in [0.25, 0.3) is 0 Å². The third-order valence-electron chi connectivity index (χ3n) is 9.52. The van der Waals surface area contributed by atoms with Crippen LogP contribution < -0.4 is 20.1 Å². The number of anilines is 2. The number of rotatable bonds is 12. The maximum atomic E-state index is 13.2. The molecule has 0 bridgehead atoms. The van der Waals surface area contributed by atoms with Gasteiger partial charge in [-0.2, -0.15) is 0 Å². The first kappa shape index (κ1) is 41.8. The highest BCUT2D eigenvalue weighted by Crippen LogP contribution is 2.38. The Kier molecular flexibility index (Phi) is 12.9. The number of aryl methyl sites for hydroxylation is 2. The van der Waals surface area contributed by atoms with E-state index in [9.17, 15) is 14.4 Å². The van der Waals surface area contributed by atoms with Crippen LogP contribution in [0.5, 0.6) is 11.5 Å². The Bertz CT molecular complexity index is 1800. The topological polar surface area (TPSA) is 93.7 Å². The molecule has 7 heteroatoms. The van der Waals surface area contributed by atoms with E-state index in [0.717, 1.165) is 35.1 Å². The van der Waals surface area contributed by atoms with Gasteiger partial charge in [0, 0.05) is 24.2 Å². The minimum absolute atomic E-state index is 0.00583. The lowest BCUT2D eigenvalue weighted by atomic mass is 9.72. The van der Waals surface area contributed by atoms with Crippen LogP contribution in [0.1, 0.15) is 115 Å². The number of hydrogen-bond acceptors (Lipinski definition) is 5. The van der Waals surface area contributed by atoms with Crippen LogP contribution in [0, 0.1) is 24.7 Å². The van der Waals surface area contributed by atoms with E-state index < -0.39 is 12.2 Å². The van der Waals surface area contributed by atoms with Crippen LogP contribution in [0.4, 0.5) is 21.0 Å². The zero-order valence-corrected chi connectivity index (χ0v) is 34.5. The van der Waals surface area contributed by atoms with Crippen LogP contribution in [-0.2, 0) is 28.5 Å². The summed E-state index contributed by atoms with van der Waals surface area (Å²) in [6.45, 7) is 26.1. The van der Waals surface area contributed by atoms with Crippen LogP contribution in [0.3, 0.4) is 0 Å². The molecule has 0 aliphatic heterocycles. The van der Waals surface area contributed by atoms with Gasteiger partial charge in [-0.05, 0) is 118 Å². The quantitative estimate of drug-likeness (QED) is 0.151. The summed E-state index contributed by atoms with van der Waals surface area (Å²) in [7, 11) is 0. The number of ketones is 1. The molecule has 0 atom stereocenters. The molecule has 0 saturated carbocycles. The molecule has 0 spiro atoms. The van der Waals surface area contributed by atoms with Gasteiger partial charge in [0.15, 0.2) is 0 Å². The summed E-state index contributed by atoms with van der Waals surface area (Å²) in [5, 5.41) is 5.68. The number of amides is 2. The smallest absolute Gasteiger partial charge is 0.410 e. The molecule has 2 amide bonds. The molecule has 0 aliphatic carbocycles. The number of ether oxygens (including phenoxy) is 2. The number of benzene rings is 4. The molecular formula is C47H60N2O5. The monoisotopic (exact) mass is 732 g/mol. The molecule has 4 aromatic rings. The molecule has 54 heavy (non-hydrogen) atoms. The second-order valence-corrected chi connectivity index (χ2v) is 18.5. The van der Waals surface area contributed by atoms with Crippen molar-refractivity contribution in [3.8, 4) is 11.5 Å². The van der Waals surface area contributed by atoms with Crippen LogP contribution in [0.2, 0.25) is 0 Å². The molecule has 0 heterocycles. The molecule has 0 fully saturated rings. The van der Waals surface area contributed by atoms with Crippen LogP contribution in [-0.4, -0.2) is 18.0 Å². The number of hydrogen-bond donors (Lipinski definition) is 2. The molecule has 7 nitrogen and oxygen atoms in total. The van der Waals surface area contributed by atoms with E-state index in [1.165, 1.54) is 11.1 Å².